The van der Waals surface area contributed by atoms with Crippen molar-refractivity contribution in [3.8, 4) is 5.75 Å². The van der Waals surface area contributed by atoms with Crippen LogP contribution >= 0.6 is 0 Å². The van der Waals surface area contributed by atoms with Crippen LogP contribution in [0.5, 0.6) is 5.75 Å². The average molecular weight is 522 g/mol. The number of benzene rings is 1. The van der Waals surface area contributed by atoms with Crippen molar-refractivity contribution >= 4 is 24.0 Å². The molecule has 0 aromatic heterocycles. The van der Waals surface area contributed by atoms with Gasteiger partial charge in [0.1, 0.15) is 11.9 Å². The summed E-state index contributed by atoms with van der Waals surface area (Å²) in [5.74, 6) is 0.267. The lowest BCUT2D eigenvalue weighted by molar-refractivity contribution is -0.274. The standard InChI is InChI=1S/C26H30F3N3O5/c27-26(28,29)37-20-5-1-16(2-6-20)3-8-23(33)31-11-9-18-14-32(15-19(18)10-12-31)24(34)17-4-7-21-22(13-17)36-25(35)30-21/h1-3,5-6,8,17-19,21-22H,4,7,9-15H2,(H,30,35)/b8-3+/t17?,18-,19+,21?,22?. The Hall–Kier alpha value is -3.24. The maximum Gasteiger partial charge on any atom is 0.573 e. The molecule has 8 nitrogen and oxygen atoms in total. The molecule has 200 valence electrons. The largest absolute Gasteiger partial charge is 0.573 e. The minimum atomic E-state index is -4.74. The molecule has 4 fully saturated rings. The molecule has 3 unspecified atom stereocenters. The van der Waals surface area contributed by atoms with Crippen LogP contribution in [0.1, 0.15) is 37.7 Å². The molecule has 1 N–H and O–H groups in total. The number of alkyl carbamates (subject to hydrolysis) is 1. The number of hydrogen-bond acceptors (Lipinski definition) is 5. The number of amides is 3. The summed E-state index contributed by atoms with van der Waals surface area (Å²) in [6.07, 6.45) is 1.37. The van der Waals surface area contributed by atoms with Crippen molar-refractivity contribution in [3.05, 3.63) is 35.9 Å². The lowest BCUT2D eigenvalue weighted by atomic mass is 9.83. The zero-order valence-corrected chi connectivity index (χ0v) is 20.3. The zero-order chi connectivity index (χ0) is 26.2. The van der Waals surface area contributed by atoms with E-state index in [1.54, 1.807) is 11.0 Å². The summed E-state index contributed by atoms with van der Waals surface area (Å²) in [6.45, 7) is 2.58. The van der Waals surface area contributed by atoms with E-state index >= 15 is 0 Å². The summed E-state index contributed by atoms with van der Waals surface area (Å²) in [4.78, 5) is 41.2. The van der Waals surface area contributed by atoms with Crippen LogP contribution in [0.3, 0.4) is 0 Å². The third kappa shape index (κ3) is 6.02. The maximum atomic E-state index is 13.2. The number of hydrogen-bond donors (Lipinski definition) is 1. The van der Waals surface area contributed by atoms with Gasteiger partial charge < -0.3 is 24.6 Å². The van der Waals surface area contributed by atoms with Gasteiger partial charge in [0, 0.05) is 38.2 Å². The van der Waals surface area contributed by atoms with Crippen molar-refractivity contribution in [2.75, 3.05) is 26.2 Å². The first-order chi connectivity index (χ1) is 17.6. The average Bonchev–Trinajstić information content (AvgIpc) is 3.37. The third-order valence-corrected chi connectivity index (χ3v) is 7.97. The van der Waals surface area contributed by atoms with E-state index < -0.39 is 12.5 Å². The molecule has 11 heteroatoms. The van der Waals surface area contributed by atoms with Gasteiger partial charge in [-0.3, -0.25) is 9.59 Å². The van der Waals surface area contributed by atoms with E-state index in [4.69, 9.17) is 4.74 Å². The zero-order valence-electron chi connectivity index (χ0n) is 20.3. The number of fused-ring (bicyclic) bond motifs is 2. The normalized spacial score (nSPS) is 29.8. The van der Waals surface area contributed by atoms with Crippen LogP contribution < -0.4 is 10.1 Å². The Bertz CT molecular complexity index is 1040. The predicted octanol–water partition coefficient (Wildman–Crippen LogP) is 3.57. The lowest BCUT2D eigenvalue weighted by Gasteiger charge is -2.31. The van der Waals surface area contributed by atoms with Crippen LogP contribution in [0.15, 0.2) is 30.3 Å². The smallest absolute Gasteiger partial charge is 0.444 e. The highest BCUT2D eigenvalue weighted by Crippen LogP contribution is 2.36. The number of halogens is 3. The molecular formula is C26H30F3N3O5. The molecule has 5 rings (SSSR count). The minimum absolute atomic E-state index is 0.0153. The minimum Gasteiger partial charge on any atom is -0.444 e. The number of carbonyl (C=O) groups is 3. The van der Waals surface area contributed by atoms with Gasteiger partial charge in [0.15, 0.2) is 0 Å². The van der Waals surface area contributed by atoms with Gasteiger partial charge in [-0.1, -0.05) is 12.1 Å². The molecule has 1 aromatic rings. The molecule has 3 saturated heterocycles. The Morgan fingerprint density at radius 3 is 2.32 bits per heavy atom. The van der Waals surface area contributed by atoms with E-state index in [0.29, 0.717) is 50.0 Å². The van der Waals surface area contributed by atoms with Gasteiger partial charge in [0.25, 0.3) is 0 Å². The van der Waals surface area contributed by atoms with Crippen molar-refractivity contribution in [2.24, 2.45) is 17.8 Å². The highest BCUT2D eigenvalue weighted by molar-refractivity contribution is 5.91. The number of alkyl halides is 3. The SMILES string of the molecule is O=C1NC2CCC(C(=O)N3C[C@H]4CCN(C(=O)/C=C/c5ccc(OC(F)(F)F)cc5)CC[C@H]4C3)CC2O1. The third-order valence-electron chi connectivity index (χ3n) is 7.97. The Kier molecular flexibility index (Phi) is 7.04. The van der Waals surface area contributed by atoms with E-state index in [-0.39, 0.29) is 35.6 Å². The van der Waals surface area contributed by atoms with Crippen LogP contribution in [0.2, 0.25) is 0 Å². The molecule has 1 aromatic carbocycles. The highest BCUT2D eigenvalue weighted by Gasteiger charge is 2.44. The number of nitrogens with zero attached hydrogens (tertiary/aromatic N) is 2. The van der Waals surface area contributed by atoms with Crippen LogP contribution in [0.4, 0.5) is 18.0 Å². The van der Waals surface area contributed by atoms with Gasteiger partial charge in [-0.25, -0.2) is 4.79 Å². The second kappa shape index (κ2) is 10.3. The van der Waals surface area contributed by atoms with Gasteiger partial charge in [0.05, 0.1) is 6.04 Å². The molecule has 3 heterocycles. The van der Waals surface area contributed by atoms with E-state index in [1.807, 2.05) is 4.90 Å². The number of rotatable bonds is 4. The van der Waals surface area contributed by atoms with Gasteiger partial charge in [0.2, 0.25) is 11.8 Å². The molecule has 3 aliphatic heterocycles. The van der Waals surface area contributed by atoms with Crippen LogP contribution in [0, 0.1) is 17.8 Å². The van der Waals surface area contributed by atoms with Crippen LogP contribution in [-0.4, -0.2) is 72.4 Å². The van der Waals surface area contributed by atoms with Crippen molar-refractivity contribution in [1.82, 2.24) is 15.1 Å². The highest BCUT2D eigenvalue weighted by atomic mass is 19.4. The maximum absolute atomic E-state index is 13.2. The molecule has 0 spiro atoms. The van der Waals surface area contributed by atoms with Crippen LogP contribution in [-0.2, 0) is 14.3 Å². The number of carbonyl (C=O) groups excluding carboxylic acids is 3. The fourth-order valence-corrected chi connectivity index (χ4v) is 6.03. The summed E-state index contributed by atoms with van der Waals surface area (Å²) in [5.41, 5.74) is 0.598. The van der Waals surface area contributed by atoms with E-state index in [2.05, 4.69) is 10.1 Å². The van der Waals surface area contributed by atoms with Crippen molar-refractivity contribution in [1.29, 1.82) is 0 Å². The predicted molar refractivity (Wildman–Crippen MR) is 126 cm³/mol. The van der Waals surface area contributed by atoms with Crippen LogP contribution in [0.25, 0.3) is 6.08 Å². The Morgan fingerprint density at radius 2 is 1.68 bits per heavy atom. The van der Waals surface area contributed by atoms with Crippen molar-refractivity contribution in [3.63, 3.8) is 0 Å². The second-order valence-corrected chi connectivity index (χ2v) is 10.3. The Morgan fingerprint density at radius 1 is 1.00 bits per heavy atom. The first-order valence-electron chi connectivity index (χ1n) is 12.7. The van der Waals surface area contributed by atoms with E-state index in [1.165, 1.54) is 30.3 Å². The molecule has 0 radical (unpaired) electrons. The number of ether oxygens (including phenoxy) is 2. The molecule has 4 aliphatic rings. The molecule has 0 bridgehead atoms. The summed E-state index contributed by atoms with van der Waals surface area (Å²) in [6, 6.07) is 5.36. The molecule has 1 saturated carbocycles. The Labute approximate surface area is 212 Å². The van der Waals surface area contributed by atoms with E-state index in [0.717, 1.165) is 25.7 Å². The summed E-state index contributed by atoms with van der Waals surface area (Å²) in [5, 5.41) is 2.81. The monoisotopic (exact) mass is 521 g/mol. The van der Waals surface area contributed by atoms with Gasteiger partial charge in [-0.15, -0.1) is 13.2 Å². The fourth-order valence-electron chi connectivity index (χ4n) is 6.03. The summed E-state index contributed by atoms with van der Waals surface area (Å²) >= 11 is 0. The van der Waals surface area contributed by atoms with Gasteiger partial charge in [-0.2, -0.15) is 0 Å². The molecule has 1 aliphatic carbocycles. The van der Waals surface area contributed by atoms with Gasteiger partial charge >= 0.3 is 12.5 Å². The number of nitrogens with one attached hydrogen (secondary N) is 1. The van der Waals surface area contributed by atoms with Gasteiger partial charge in [-0.05, 0) is 67.7 Å². The van der Waals surface area contributed by atoms with Crippen molar-refractivity contribution < 1.29 is 37.0 Å². The fraction of sp³-hybridized carbons (Fsp3) is 0.577. The van der Waals surface area contributed by atoms with Crippen molar-refractivity contribution in [2.45, 2.75) is 50.6 Å². The Balaban J connectivity index is 1.10. The molecule has 3 amide bonds. The summed E-state index contributed by atoms with van der Waals surface area (Å²) < 4.78 is 46.1. The summed E-state index contributed by atoms with van der Waals surface area (Å²) in [7, 11) is 0. The second-order valence-electron chi connectivity index (χ2n) is 10.3. The lowest BCUT2D eigenvalue weighted by Crippen LogP contribution is -2.43. The number of likely N-dealkylation sites (tertiary alicyclic amines) is 2. The quantitative estimate of drug-likeness (QED) is 0.613. The first-order valence-corrected chi connectivity index (χ1v) is 12.7. The van der Waals surface area contributed by atoms with E-state index in [9.17, 15) is 27.6 Å². The molecule has 5 atom stereocenters. The molecule has 37 heavy (non-hydrogen) atoms. The topological polar surface area (TPSA) is 88.2 Å². The first kappa shape index (κ1) is 25.4. The molecular weight excluding hydrogens is 491 g/mol.